The zero-order valence-electron chi connectivity index (χ0n) is 27.0. The number of hydrogen-bond donors (Lipinski definition) is 2. The van der Waals surface area contributed by atoms with E-state index in [0.29, 0.717) is 44.0 Å². The van der Waals surface area contributed by atoms with Gasteiger partial charge >= 0.3 is 5.97 Å². The van der Waals surface area contributed by atoms with E-state index in [-0.39, 0.29) is 12.2 Å². The van der Waals surface area contributed by atoms with E-state index in [1.165, 1.54) is 32.4 Å². The third-order valence-electron chi connectivity index (χ3n) is 5.54. The SMILES string of the molecule is CC.CC.CCCN(CCNCC#N)C(C(=O)OC)c1cc([N+](=O)[O-])ccc1OC.CCc1cccc(CNCC#N)n1. The van der Waals surface area contributed by atoms with Gasteiger partial charge in [0.25, 0.3) is 5.69 Å². The topological polar surface area (TPSA) is 166 Å². The minimum absolute atomic E-state index is 0.131. The van der Waals surface area contributed by atoms with Crippen molar-refractivity contribution in [3.63, 3.8) is 0 Å². The Morgan fingerprint density at radius 1 is 1.02 bits per heavy atom. The van der Waals surface area contributed by atoms with Crippen LogP contribution >= 0.6 is 0 Å². The lowest BCUT2D eigenvalue weighted by atomic mass is 10.0. The first-order valence-electron chi connectivity index (χ1n) is 14.6. The summed E-state index contributed by atoms with van der Waals surface area (Å²) in [6.45, 7) is 14.8. The molecule has 1 aromatic heterocycles. The third kappa shape index (κ3) is 16.2. The van der Waals surface area contributed by atoms with Crippen molar-refractivity contribution in [3.05, 3.63) is 63.5 Å². The zero-order chi connectivity index (χ0) is 33.0. The molecule has 0 spiro atoms. The fraction of sp³-hybridized carbons (Fsp3) is 0.548. The van der Waals surface area contributed by atoms with Crippen LogP contribution in [0.2, 0.25) is 0 Å². The number of benzene rings is 1. The summed E-state index contributed by atoms with van der Waals surface area (Å²) in [5, 5.41) is 34.0. The van der Waals surface area contributed by atoms with Gasteiger partial charge < -0.3 is 14.8 Å². The molecule has 12 nitrogen and oxygen atoms in total. The first-order chi connectivity index (χ1) is 20.9. The van der Waals surface area contributed by atoms with Crippen molar-refractivity contribution >= 4 is 11.7 Å². The smallest absolute Gasteiger partial charge is 0.327 e. The highest BCUT2D eigenvalue weighted by Gasteiger charge is 2.32. The molecular weight excluding hydrogens is 550 g/mol. The molecule has 1 heterocycles. The van der Waals surface area contributed by atoms with Crippen LogP contribution in [0.5, 0.6) is 5.75 Å². The number of aromatic nitrogens is 1. The molecule has 1 atom stereocenters. The Balaban J connectivity index is 0. The summed E-state index contributed by atoms with van der Waals surface area (Å²) in [5.74, 6) is -0.158. The predicted octanol–water partition coefficient (Wildman–Crippen LogP) is 4.95. The molecule has 0 radical (unpaired) electrons. The fourth-order valence-corrected chi connectivity index (χ4v) is 3.73. The Kier molecular flexibility index (Phi) is 25.6. The molecule has 0 amide bonds. The number of nitro benzene ring substituents is 1. The Bertz CT molecular complexity index is 1130. The lowest BCUT2D eigenvalue weighted by Crippen LogP contribution is -2.40. The van der Waals surface area contributed by atoms with Crippen LogP contribution in [0.25, 0.3) is 0 Å². The van der Waals surface area contributed by atoms with E-state index in [1.54, 1.807) is 0 Å². The number of rotatable bonds is 15. The quantitative estimate of drug-likeness (QED) is 0.0934. The fourth-order valence-electron chi connectivity index (χ4n) is 3.73. The zero-order valence-corrected chi connectivity index (χ0v) is 27.0. The molecule has 0 bridgehead atoms. The Hall–Kier alpha value is -4.10. The molecule has 0 saturated carbocycles. The van der Waals surface area contributed by atoms with E-state index in [9.17, 15) is 14.9 Å². The van der Waals surface area contributed by atoms with Crippen molar-refractivity contribution < 1.29 is 19.2 Å². The van der Waals surface area contributed by atoms with Gasteiger partial charge in [-0.15, -0.1) is 0 Å². The van der Waals surface area contributed by atoms with E-state index in [2.05, 4.69) is 22.5 Å². The predicted molar refractivity (Wildman–Crippen MR) is 168 cm³/mol. The molecule has 12 heteroatoms. The van der Waals surface area contributed by atoms with Crippen LogP contribution in [0.1, 0.15) is 71.0 Å². The molecule has 0 fully saturated rings. The van der Waals surface area contributed by atoms with Crippen LogP contribution in [0.4, 0.5) is 5.69 Å². The maximum absolute atomic E-state index is 12.5. The van der Waals surface area contributed by atoms with Gasteiger partial charge in [-0.25, -0.2) is 4.79 Å². The van der Waals surface area contributed by atoms with Crippen LogP contribution in [0.15, 0.2) is 36.4 Å². The van der Waals surface area contributed by atoms with E-state index in [1.807, 2.05) is 69.9 Å². The third-order valence-corrected chi connectivity index (χ3v) is 5.54. The Morgan fingerprint density at radius 2 is 1.65 bits per heavy atom. The molecule has 238 valence electrons. The van der Waals surface area contributed by atoms with Gasteiger partial charge in [0, 0.05) is 43.0 Å². The van der Waals surface area contributed by atoms with Crippen molar-refractivity contribution in [1.82, 2.24) is 20.5 Å². The lowest BCUT2D eigenvalue weighted by molar-refractivity contribution is -0.385. The van der Waals surface area contributed by atoms with Gasteiger partial charge in [-0.1, -0.05) is 47.6 Å². The van der Waals surface area contributed by atoms with E-state index in [4.69, 9.17) is 20.0 Å². The van der Waals surface area contributed by atoms with Gasteiger partial charge in [0.05, 0.1) is 50.1 Å². The maximum atomic E-state index is 12.5. The van der Waals surface area contributed by atoms with E-state index >= 15 is 0 Å². The standard InChI is InChI=1S/C17H24N4O5.C10H13N3.2C2H6/c1-4-10-20(11-9-19-8-7-18)16(17(22)26-3)14-12-13(21(23)24)5-6-15(14)25-2;1-2-9-4-3-5-10(13-9)8-12-7-6-11;2*1-2/h5-6,12,16,19H,4,8-11H2,1-3H3;3-5,12H,2,7-8H2,1H3;2*1-2H3. The molecular formula is C31H49N7O5. The molecule has 0 aliphatic carbocycles. The average molecular weight is 600 g/mol. The Morgan fingerprint density at radius 3 is 2.19 bits per heavy atom. The highest BCUT2D eigenvalue weighted by Crippen LogP contribution is 2.33. The number of aryl methyl sites for hydroxylation is 1. The summed E-state index contributed by atoms with van der Waals surface area (Å²) in [6.07, 6.45) is 1.72. The number of non-ortho nitro benzene ring substituents is 1. The number of esters is 1. The van der Waals surface area contributed by atoms with Crippen LogP contribution in [0.3, 0.4) is 0 Å². The number of hydrogen-bond acceptors (Lipinski definition) is 11. The first-order valence-corrected chi connectivity index (χ1v) is 14.6. The highest BCUT2D eigenvalue weighted by molar-refractivity contribution is 5.79. The largest absolute Gasteiger partial charge is 0.496 e. The highest BCUT2D eigenvalue weighted by atomic mass is 16.6. The van der Waals surface area contributed by atoms with Crippen molar-refractivity contribution in [2.45, 2.75) is 67.0 Å². The van der Waals surface area contributed by atoms with Crippen molar-refractivity contribution in [2.75, 3.05) is 46.9 Å². The van der Waals surface area contributed by atoms with Gasteiger partial charge in [-0.05, 0) is 37.6 Å². The number of nitriles is 2. The Labute approximate surface area is 257 Å². The summed E-state index contributed by atoms with van der Waals surface area (Å²) < 4.78 is 10.3. The number of nitro groups is 1. The van der Waals surface area contributed by atoms with Crippen LogP contribution in [-0.4, -0.2) is 67.7 Å². The molecule has 0 aliphatic heterocycles. The van der Waals surface area contributed by atoms with Crippen molar-refractivity contribution in [3.8, 4) is 17.9 Å². The number of nitrogens with zero attached hydrogens (tertiary/aromatic N) is 5. The number of pyridine rings is 1. The van der Waals surface area contributed by atoms with Crippen LogP contribution in [-0.2, 0) is 22.5 Å². The van der Waals surface area contributed by atoms with Crippen LogP contribution < -0.4 is 15.4 Å². The van der Waals surface area contributed by atoms with Gasteiger partial charge in [-0.3, -0.25) is 25.3 Å². The first kappa shape index (κ1) is 41.0. The van der Waals surface area contributed by atoms with Crippen molar-refractivity contribution in [1.29, 1.82) is 10.5 Å². The molecule has 43 heavy (non-hydrogen) atoms. The molecule has 2 N–H and O–H groups in total. The van der Waals surface area contributed by atoms with Gasteiger partial charge in [0.1, 0.15) is 11.8 Å². The van der Waals surface area contributed by atoms with Crippen LogP contribution in [0, 0.1) is 32.8 Å². The lowest BCUT2D eigenvalue weighted by Gasteiger charge is -2.30. The molecule has 0 aliphatic rings. The summed E-state index contributed by atoms with van der Waals surface area (Å²) in [6, 6.07) is 13.3. The summed E-state index contributed by atoms with van der Waals surface area (Å²) in [5.41, 5.74) is 2.34. The summed E-state index contributed by atoms with van der Waals surface area (Å²) in [7, 11) is 2.72. The van der Waals surface area contributed by atoms with Gasteiger partial charge in [0.2, 0.25) is 0 Å². The number of methoxy groups -OCH3 is 2. The maximum Gasteiger partial charge on any atom is 0.327 e. The number of carbonyl (C=O) groups is 1. The minimum atomic E-state index is -0.848. The van der Waals surface area contributed by atoms with E-state index < -0.39 is 16.9 Å². The summed E-state index contributed by atoms with van der Waals surface area (Å²) in [4.78, 5) is 29.4. The molecule has 1 unspecified atom stereocenters. The average Bonchev–Trinajstić information content (AvgIpc) is 3.05. The monoisotopic (exact) mass is 599 g/mol. The number of ether oxygens (including phenoxy) is 2. The normalized spacial score (nSPS) is 10.2. The number of nitrogens with one attached hydrogen (secondary N) is 2. The number of carbonyl (C=O) groups excluding carboxylic acids is 1. The second kappa shape index (κ2) is 26.8. The van der Waals surface area contributed by atoms with Gasteiger partial charge in [0.15, 0.2) is 0 Å². The van der Waals surface area contributed by atoms with Crippen molar-refractivity contribution in [2.24, 2.45) is 0 Å². The molecule has 1 aromatic carbocycles. The molecule has 0 saturated heterocycles. The van der Waals surface area contributed by atoms with Gasteiger partial charge in [-0.2, -0.15) is 10.5 Å². The minimum Gasteiger partial charge on any atom is -0.496 e. The molecule has 2 aromatic rings. The molecule has 2 rings (SSSR count). The second-order valence-electron chi connectivity index (χ2n) is 8.22. The second-order valence-corrected chi connectivity index (χ2v) is 8.22. The van der Waals surface area contributed by atoms with E-state index in [0.717, 1.165) is 24.2 Å². The summed E-state index contributed by atoms with van der Waals surface area (Å²) >= 11 is 0.